The van der Waals surface area contributed by atoms with Crippen molar-refractivity contribution in [3.63, 3.8) is 0 Å². The summed E-state index contributed by atoms with van der Waals surface area (Å²) < 4.78 is 23.9. The van der Waals surface area contributed by atoms with Crippen molar-refractivity contribution in [3.05, 3.63) is 65.5 Å². The summed E-state index contributed by atoms with van der Waals surface area (Å²) in [4.78, 5) is 15.5. The number of aryl methyl sites for hydroxylation is 1. The number of carbonyl (C=O) groups is 1. The van der Waals surface area contributed by atoms with Crippen LogP contribution in [0.5, 0.6) is 0 Å². The van der Waals surface area contributed by atoms with Gasteiger partial charge >= 0.3 is 0 Å². The Hall–Kier alpha value is -3.04. The molecule has 1 saturated carbocycles. The lowest BCUT2D eigenvalue weighted by Crippen LogP contribution is -2.44. The van der Waals surface area contributed by atoms with E-state index < -0.39 is 8.32 Å². The highest BCUT2D eigenvalue weighted by Crippen LogP contribution is 2.52. The molecule has 0 bridgehead atoms. The maximum atomic E-state index is 13.7. The van der Waals surface area contributed by atoms with Crippen molar-refractivity contribution >= 4 is 26.0 Å². The average molecular weight is 564 g/mol. The minimum atomic E-state index is -1.92. The van der Waals surface area contributed by atoms with E-state index in [1.165, 1.54) is 17.7 Å². The number of nitrogens with zero attached hydrogens (tertiary/aromatic N) is 5. The van der Waals surface area contributed by atoms with Crippen molar-refractivity contribution in [1.29, 1.82) is 0 Å². The third-order valence-corrected chi connectivity index (χ3v) is 14.0. The average Bonchev–Trinajstić information content (AvgIpc) is 3.51. The molecule has 0 N–H and O–H groups in total. The van der Waals surface area contributed by atoms with Gasteiger partial charge in [-0.2, -0.15) is 10.2 Å². The van der Waals surface area contributed by atoms with E-state index in [1.54, 1.807) is 27.9 Å². The van der Waals surface area contributed by atoms with Gasteiger partial charge in [-0.15, -0.1) is 0 Å². The third-order valence-electron chi connectivity index (χ3n) is 9.49. The van der Waals surface area contributed by atoms with E-state index in [0.29, 0.717) is 6.61 Å². The number of halogens is 1. The third kappa shape index (κ3) is 5.33. The molecule has 9 heteroatoms. The van der Waals surface area contributed by atoms with Gasteiger partial charge in [0.25, 0.3) is 0 Å². The Kier molecular flexibility index (Phi) is 7.42. The zero-order valence-corrected chi connectivity index (χ0v) is 25.9. The Morgan fingerprint density at radius 2 is 1.93 bits per heavy atom. The lowest BCUT2D eigenvalue weighted by Gasteiger charge is -2.46. The fraction of sp³-hybridized carbons (Fsp3) is 0.516. The quantitative estimate of drug-likeness (QED) is 0.306. The first-order valence-corrected chi connectivity index (χ1v) is 17.1. The zero-order valence-electron chi connectivity index (χ0n) is 24.9. The lowest BCUT2D eigenvalue weighted by molar-refractivity contribution is -0.124. The topological polar surface area (TPSA) is 65.2 Å². The van der Waals surface area contributed by atoms with Gasteiger partial charge in [0.15, 0.2) is 8.32 Å². The molecule has 0 saturated heterocycles. The Bertz CT molecular complexity index is 1420. The van der Waals surface area contributed by atoms with Crippen LogP contribution in [-0.2, 0) is 22.7 Å². The summed E-state index contributed by atoms with van der Waals surface area (Å²) in [5, 5.41) is 9.10. The molecule has 1 aromatic carbocycles. The molecule has 1 fully saturated rings. The number of aromatic nitrogens is 4. The molecule has 3 aromatic rings. The first kappa shape index (κ1) is 28.5. The molecule has 1 amide bonds. The van der Waals surface area contributed by atoms with Crippen LogP contribution in [0.15, 0.2) is 48.4 Å². The molecule has 7 nitrogen and oxygen atoms in total. The van der Waals surface area contributed by atoms with Gasteiger partial charge in [0.1, 0.15) is 5.82 Å². The van der Waals surface area contributed by atoms with E-state index in [2.05, 4.69) is 45.0 Å². The smallest absolute Gasteiger partial charge is 0.229 e. The predicted octanol–water partition coefficient (Wildman–Crippen LogP) is 6.55. The molecule has 0 spiro atoms. The second-order valence-corrected chi connectivity index (χ2v) is 17.9. The zero-order chi connectivity index (χ0) is 28.9. The van der Waals surface area contributed by atoms with Gasteiger partial charge in [-0.05, 0) is 91.6 Å². The van der Waals surface area contributed by atoms with Crippen LogP contribution in [0.3, 0.4) is 0 Å². The van der Waals surface area contributed by atoms with Gasteiger partial charge in [-0.1, -0.05) is 26.3 Å². The van der Waals surface area contributed by atoms with Gasteiger partial charge in [0.2, 0.25) is 5.91 Å². The molecule has 0 radical (unpaired) electrons. The Morgan fingerprint density at radius 1 is 1.20 bits per heavy atom. The Labute approximate surface area is 238 Å². The predicted molar refractivity (Wildman–Crippen MR) is 159 cm³/mol. The minimum absolute atomic E-state index is 0.0797. The molecule has 214 valence electrons. The van der Waals surface area contributed by atoms with Gasteiger partial charge in [-0.3, -0.25) is 9.48 Å². The highest BCUT2D eigenvalue weighted by atomic mass is 28.4. The maximum Gasteiger partial charge on any atom is 0.229 e. The van der Waals surface area contributed by atoms with Crippen LogP contribution in [0, 0.1) is 17.2 Å². The van der Waals surface area contributed by atoms with Crippen LogP contribution in [0.1, 0.15) is 57.7 Å². The van der Waals surface area contributed by atoms with Crippen molar-refractivity contribution in [2.24, 2.45) is 18.4 Å². The van der Waals surface area contributed by atoms with Crippen molar-refractivity contribution < 1.29 is 13.6 Å². The number of fused-ring (bicyclic) bond motifs is 2. The van der Waals surface area contributed by atoms with Gasteiger partial charge in [0, 0.05) is 32.8 Å². The number of hydrogen-bond acceptors (Lipinski definition) is 4. The van der Waals surface area contributed by atoms with Crippen molar-refractivity contribution in [2.75, 3.05) is 18.6 Å². The van der Waals surface area contributed by atoms with Crippen LogP contribution in [-0.4, -0.2) is 47.4 Å². The van der Waals surface area contributed by atoms with Crippen LogP contribution >= 0.6 is 0 Å². The minimum Gasteiger partial charge on any atom is -0.417 e. The number of hydrogen-bond donors (Lipinski definition) is 0. The van der Waals surface area contributed by atoms with Crippen molar-refractivity contribution in [1.82, 2.24) is 19.6 Å². The monoisotopic (exact) mass is 563 g/mol. The number of anilines is 1. The molecular weight excluding hydrogens is 521 g/mol. The van der Waals surface area contributed by atoms with Gasteiger partial charge in [-0.25, -0.2) is 9.07 Å². The molecule has 2 heterocycles. The Morgan fingerprint density at radius 3 is 2.58 bits per heavy atom. The molecule has 40 heavy (non-hydrogen) atoms. The molecule has 2 aromatic heterocycles. The van der Waals surface area contributed by atoms with Crippen molar-refractivity contribution in [2.45, 2.75) is 71.0 Å². The first-order valence-electron chi connectivity index (χ1n) is 14.2. The number of amides is 1. The second-order valence-electron chi connectivity index (χ2n) is 13.1. The van der Waals surface area contributed by atoms with Crippen LogP contribution in [0.2, 0.25) is 18.1 Å². The summed E-state index contributed by atoms with van der Waals surface area (Å²) >= 11 is 0. The molecule has 2 aliphatic carbocycles. The lowest BCUT2D eigenvalue weighted by atomic mass is 9.60. The van der Waals surface area contributed by atoms with Crippen LogP contribution in [0.25, 0.3) is 11.8 Å². The molecular formula is C31H42FN5O2Si. The molecule has 2 atom stereocenters. The van der Waals surface area contributed by atoms with E-state index in [0.717, 1.165) is 54.7 Å². The summed E-state index contributed by atoms with van der Waals surface area (Å²) in [6.07, 6.45) is 12.0. The van der Waals surface area contributed by atoms with Crippen molar-refractivity contribution in [3.8, 4) is 5.69 Å². The van der Waals surface area contributed by atoms with E-state index in [-0.39, 0.29) is 28.1 Å². The fourth-order valence-electron chi connectivity index (χ4n) is 5.97. The number of carbonyl (C=O) groups excluding carboxylic acids is 1. The van der Waals surface area contributed by atoms with E-state index in [1.807, 2.05) is 31.2 Å². The van der Waals surface area contributed by atoms with Gasteiger partial charge < -0.3 is 9.33 Å². The molecule has 2 aliphatic rings. The summed E-state index contributed by atoms with van der Waals surface area (Å²) in [6.45, 7) is 12.1. The first-order chi connectivity index (χ1) is 18.8. The largest absolute Gasteiger partial charge is 0.417 e. The van der Waals surface area contributed by atoms with Gasteiger partial charge in [0.05, 0.1) is 29.5 Å². The highest BCUT2D eigenvalue weighted by Gasteiger charge is 2.46. The maximum absolute atomic E-state index is 13.7. The fourth-order valence-corrected chi connectivity index (χ4v) is 7.02. The van der Waals surface area contributed by atoms with Crippen LogP contribution < -0.4 is 4.90 Å². The van der Waals surface area contributed by atoms with E-state index in [9.17, 15) is 9.18 Å². The van der Waals surface area contributed by atoms with E-state index in [4.69, 9.17) is 9.52 Å². The molecule has 5 rings (SSSR count). The Balaban J connectivity index is 1.45. The standard InChI is InChI=1S/C31H42FN5O2Si/c1-30(2,3)40(6,7)39-15-14-31-17-22(29(38)36(5)27-20-33-35(4)21-27)8-9-24(31)16-28-23(18-31)19-34-37(28)26-12-10-25(32)11-13-26/h10-13,16,19-22H,8-9,14-15,17-18H2,1-7H3/t22-,31-/m0/s1. The highest BCUT2D eigenvalue weighted by molar-refractivity contribution is 6.74. The number of rotatable bonds is 7. The normalized spacial score (nSPS) is 21.0. The number of benzene rings is 1. The number of allylic oxidation sites excluding steroid dienone is 1. The summed E-state index contributed by atoms with van der Waals surface area (Å²) in [5.74, 6) is -0.198. The van der Waals surface area contributed by atoms with Crippen LogP contribution in [0.4, 0.5) is 10.1 Å². The molecule has 0 aliphatic heterocycles. The SMILES string of the molecule is CN(C(=O)[C@H]1CCC2=Cc3c(cnn3-c3ccc(F)cc3)C[C@]2(CCO[Si](C)(C)C(C)(C)C)C1)c1cnn(C)c1. The summed E-state index contributed by atoms with van der Waals surface area (Å²) in [5.41, 5.74) is 5.08. The molecule has 0 unspecified atom stereocenters. The van der Waals surface area contributed by atoms with E-state index >= 15 is 0 Å². The summed E-state index contributed by atoms with van der Waals surface area (Å²) in [7, 11) is 1.80. The second kappa shape index (κ2) is 10.4. The summed E-state index contributed by atoms with van der Waals surface area (Å²) in [6, 6.07) is 6.47.